The first-order chi connectivity index (χ1) is 12.2. The van der Waals surface area contributed by atoms with Crippen LogP contribution in [-0.2, 0) is 11.3 Å². The summed E-state index contributed by atoms with van der Waals surface area (Å²) in [5.41, 5.74) is 1.98. The second kappa shape index (κ2) is 6.11. The zero-order chi connectivity index (χ0) is 17.4. The number of fused-ring (bicyclic) bond motifs is 2. The van der Waals surface area contributed by atoms with E-state index in [9.17, 15) is 10.2 Å². The summed E-state index contributed by atoms with van der Waals surface area (Å²) in [5.74, 6) is 0.293. The third-order valence-corrected chi connectivity index (χ3v) is 4.56. The summed E-state index contributed by atoms with van der Waals surface area (Å²) < 4.78 is 5.24. The molecule has 0 saturated heterocycles. The number of rotatable bonds is 3. The summed E-state index contributed by atoms with van der Waals surface area (Å²) in [6.45, 7) is 0.301. The Kier molecular flexibility index (Phi) is 3.79. The molecule has 0 aliphatic rings. The van der Waals surface area contributed by atoms with E-state index < -0.39 is 0 Å². The lowest BCUT2D eigenvalue weighted by Crippen LogP contribution is -1.93. The van der Waals surface area contributed by atoms with Gasteiger partial charge in [-0.15, -0.1) is 0 Å². The monoisotopic (exact) mass is 330 g/mol. The lowest BCUT2D eigenvalue weighted by Gasteiger charge is -2.16. The van der Waals surface area contributed by atoms with E-state index in [1.807, 2.05) is 60.7 Å². The van der Waals surface area contributed by atoms with Crippen molar-refractivity contribution >= 4 is 21.5 Å². The maximum atomic E-state index is 11.0. The average molecular weight is 330 g/mol. The van der Waals surface area contributed by atoms with Crippen LogP contribution in [0.15, 0.2) is 66.7 Å². The molecule has 0 radical (unpaired) electrons. The highest BCUT2D eigenvalue weighted by Crippen LogP contribution is 2.46. The molecule has 0 bridgehead atoms. The Morgan fingerprint density at radius 2 is 1.40 bits per heavy atom. The van der Waals surface area contributed by atoms with Gasteiger partial charge < -0.3 is 14.9 Å². The molecule has 0 heterocycles. The van der Waals surface area contributed by atoms with Crippen LogP contribution in [0.5, 0.6) is 11.5 Å². The molecule has 4 aromatic carbocycles. The zero-order valence-electron chi connectivity index (χ0n) is 13.9. The standard InChI is InChI=1S/C22H18O3/c1-25-13-16-12-15-7-3-5-9-18(15)21(22(16)24)20-17-8-4-2-6-14(17)10-11-19(20)23/h2-12,23-24H,13H2,1H3. The molecule has 4 rings (SSSR count). The second-order valence-corrected chi connectivity index (χ2v) is 6.09. The summed E-state index contributed by atoms with van der Waals surface area (Å²) in [7, 11) is 1.60. The molecule has 2 N–H and O–H groups in total. The molecule has 3 nitrogen and oxygen atoms in total. The number of hydrogen-bond acceptors (Lipinski definition) is 3. The fourth-order valence-corrected chi connectivity index (χ4v) is 3.44. The van der Waals surface area contributed by atoms with E-state index in [1.165, 1.54) is 0 Å². The van der Waals surface area contributed by atoms with Gasteiger partial charge in [0.2, 0.25) is 0 Å². The summed E-state index contributed by atoms with van der Waals surface area (Å²) in [6.07, 6.45) is 0. The van der Waals surface area contributed by atoms with E-state index in [0.717, 1.165) is 21.5 Å². The number of ether oxygens (including phenoxy) is 1. The van der Waals surface area contributed by atoms with Gasteiger partial charge in [-0.3, -0.25) is 0 Å². The first kappa shape index (κ1) is 15.5. The third-order valence-electron chi connectivity index (χ3n) is 4.56. The first-order valence-electron chi connectivity index (χ1n) is 8.14. The van der Waals surface area contributed by atoms with Gasteiger partial charge in [-0.2, -0.15) is 0 Å². The van der Waals surface area contributed by atoms with Crippen molar-refractivity contribution in [1.29, 1.82) is 0 Å². The van der Waals surface area contributed by atoms with Crippen molar-refractivity contribution in [3.05, 3.63) is 72.3 Å². The minimum absolute atomic E-state index is 0.146. The Morgan fingerprint density at radius 3 is 2.12 bits per heavy atom. The molecule has 4 aromatic rings. The molecule has 0 fully saturated rings. The maximum absolute atomic E-state index is 11.0. The quantitative estimate of drug-likeness (QED) is 0.541. The van der Waals surface area contributed by atoms with Crippen molar-refractivity contribution in [3.63, 3.8) is 0 Å². The molecule has 0 aliphatic carbocycles. The highest BCUT2D eigenvalue weighted by atomic mass is 16.5. The van der Waals surface area contributed by atoms with Crippen LogP contribution in [0.1, 0.15) is 5.56 Å². The van der Waals surface area contributed by atoms with Crippen molar-refractivity contribution in [3.8, 4) is 22.6 Å². The van der Waals surface area contributed by atoms with Crippen molar-refractivity contribution in [1.82, 2.24) is 0 Å². The number of aromatic hydroxyl groups is 2. The van der Waals surface area contributed by atoms with Gasteiger partial charge in [-0.1, -0.05) is 54.6 Å². The van der Waals surface area contributed by atoms with E-state index in [1.54, 1.807) is 13.2 Å². The highest BCUT2D eigenvalue weighted by molar-refractivity contribution is 6.10. The topological polar surface area (TPSA) is 49.7 Å². The predicted molar refractivity (Wildman–Crippen MR) is 101 cm³/mol. The Hall–Kier alpha value is -3.04. The van der Waals surface area contributed by atoms with Gasteiger partial charge in [-0.25, -0.2) is 0 Å². The number of phenolic OH excluding ortho intramolecular Hbond substituents is 2. The Morgan fingerprint density at radius 1 is 0.760 bits per heavy atom. The van der Waals surface area contributed by atoms with Gasteiger partial charge in [0.25, 0.3) is 0 Å². The van der Waals surface area contributed by atoms with Crippen molar-refractivity contribution in [2.45, 2.75) is 6.61 Å². The molecular formula is C22H18O3. The Bertz CT molecular complexity index is 1080. The van der Waals surface area contributed by atoms with E-state index in [4.69, 9.17) is 4.74 Å². The van der Waals surface area contributed by atoms with Gasteiger partial charge in [0, 0.05) is 23.8 Å². The van der Waals surface area contributed by atoms with E-state index in [0.29, 0.717) is 23.3 Å². The van der Waals surface area contributed by atoms with Crippen molar-refractivity contribution < 1.29 is 14.9 Å². The fraction of sp³-hybridized carbons (Fsp3) is 0.0909. The molecule has 25 heavy (non-hydrogen) atoms. The van der Waals surface area contributed by atoms with Gasteiger partial charge in [0.15, 0.2) is 0 Å². The van der Waals surface area contributed by atoms with Crippen molar-refractivity contribution in [2.75, 3.05) is 7.11 Å². The summed E-state index contributed by atoms with van der Waals surface area (Å²) >= 11 is 0. The minimum Gasteiger partial charge on any atom is -0.507 e. The van der Waals surface area contributed by atoms with Gasteiger partial charge in [-0.05, 0) is 33.7 Å². The van der Waals surface area contributed by atoms with Crippen LogP contribution in [0.25, 0.3) is 32.7 Å². The molecular weight excluding hydrogens is 312 g/mol. The molecule has 0 spiro atoms. The van der Waals surface area contributed by atoms with Gasteiger partial charge >= 0.3 is 0 Å². The van der Waals surface area contributed by atoms with Crippen LogP contribution in [-0.4, -0.2) is 17.3 Å². The largest absolute Gasteiger partial charge is 0.507 e. The zero-order valence-corrected chi connectivity index (χ0v) is 13.9. The van der Waals surface area contributed by atoms with Crippen LogP contribution in [0.3, 0.4) is 0 Å². The third kappa shape index (κ3) is 2.49. The summed E-state index contributed by atoms with van der Waals surface area (Å²) in [4.78, 5) is 0. The molecule has 0 unspecified atom stereocenters. The number of benzene rings is 4. The first-order valence-corrected chi connectivity index (χ1v) is 8.14. The lowest BCUT2D eigenvalue weighted by molar-refractivity contribution is 0.182. The molecule has 0 saturated carbocycles. The van der Waals surface area contributed by atoms with E-state index in [2.05, 4.69) is 0 Å². The van der Waals surface area contributed by atoms with Crippen LogP contribution < -0.4 is 0 Å². The van der Waals surface area contributed by atoms with Crippen LogP contribution in [0, 0.1) is 0 Å². The molecule has 0 amide bonds. The normalized spacial score (nSPS) is 11.2. The molecule has 3 heteroatoms. The summed E-state index contributed by atoms with van der Waals surface area (Å²) in [6, 6.07) is 21.2. The number of phenols is 2. The van der Waals surface area contributed by atoms with Crippen molar-refractivity contribution in [2.24, 2.45) is 0 Å². The van der Waals surface area contributed by atoms with E-state index in [-0.39, 0.29) is 11.5 Å². The van der Waals surface area contributed by atoms with Crippen LogP contribution in [0.4, 0.5) is 0 Å². The Balaban J connectivity index is 2.18. The molecule has 0 atom stereocenters. The minimum atomic E-state index is 0.146. The molecule has 0 aliphatic heterocycles. The number of methoxy groups -OCH3 is 1. The van der Waals surface area contributed by atoms with Crippen LogP contribution in [0.2, 0.25) is 0 Å². The predicted octanol–water partition coefficient (Wildman–Crippen LogP) is 5.22. The average Bonchev–Trinajstić information content (AvgIpc) is 2.64. The SMILES string of the molecule is COCc1cc2ccccc2c(-c2c(O)ccc3ccccc23)c1O. The highest BCUT2D eigenvalue weighted by Gasteiger charge is 2.19. The lowest BCUT2D eigenvalue weighted by atomic mass is 9.90. The molecule has 0 aromatic heterocycles. The van der Waals surface area contributed by atoms with Gasteiger partial charge in [0.05, 0.1) is 6.61 Å². The molecule has 124 valence electrons. The Labute approximate surface area is 145 Å². The van der Waals surface area contributed by atoms with Gasteiger partial charge in [0.1, 0.15) is 11.5 Å². The summed E-state index contributed by atoms with van der Waals surface area (Å²) in [5, 5.41) is 25.4. The fourth-order valence-electron chi connectivity index (χ4n) is 3.44. The number of hydrogen-bond donors (Lipinski definition) is 2. The van der Waals surface area contributed by atoms with E-state index >= 15 is 0 Å². The van der Waals surface area contributed by atoms with Crippen LogP contribution >= 0.6 is 0 Å². The second-order valence-electron chi connectivity index (χ2n) is 6.09. The smallest absolute Gasteiger partial charge is 0.129 e. The maximum Gasteiger partial charge on any atom is 0.129 e.